The van der Waals surface area contributed by atoms with Gasteiger partial charge in [-0.3, -0.25) is 6.08 Å². The maximum atomic E-state index is 3.36. The van der Waals surface area contributed by atoms with Crippen LogP contribution in [-0.4, -0.2) is 11.3 Å². The van der Waals surface area contributed by atoms with Crippen LogP contribution in [0.5, 0.6) is 0 Å². The van der Waals surface area contributed by atoms with Crippen LogP contribution in [0.4, 0.5) is 0 Å². The molecule has 0 fully saturated rings. The summed E-state index contributed by atoms with van der Waals surface area (Å²) >= 11 is 1.46. The third-order valence-corrected chi connectivity index (χ3v) is 9.53. The summed E-state index contributed by atoms with van der Waals surface area (Å²) in [6.45, 7) is 7.06. The maximum absolute atomic E-state index is 3.36. The molecule has 0 unspecified atom stereocenters. The van der Waals surface area contributed by atoms with Gasteiger partial charge >= 0.3 is 99.2 Å². The molecule has 0 spiro atoms. The van der Waals surface area contributed by atoms with Crippen molar-refractivity contribution in [3.63, 3.8) is 0 Å². The Morgan fingerprint density at radius 3 is 1.45 bits per heavy atom. The van der Waals surface area contributed by atoms with Crippen molar-refractivity contribution in [3.05, 3.63) is 150 Å². The molecule has 6 rings (SSSR count). The zero-order chi connectivity index (χ0) is 25.4. The second-order valence-electron chi connectivity index (χ2n) is 9.87. The summed E-state index contributed by atoms with van der Waals surface area (Å²) in [4.78, 5) is 0. The van der Waals surface area contributed by atoms with Gasteiger partial charge in [-0.25, -0.2) is 11.3 Å². The summed E-state index contributed by atoms with van der Waals surface area (Å²) in [5, 5.41) is 6.88. The second kappa shape index (κ2) is 15.4. The van der Waals surface area contributed by atoms with E-state index in [0.717, 1.165) is 6.42 Å². The Labute approximate surface area is 256 Å². The summed E-state index contributed by atoms with van der Waals surface area (Å²) in [5.41, 5.74) is 2.66. The molecule has 0 saturated heterocycles. The molecule has 0 aromatic heterocycles. The van der Waals surface area contributed by atoms with Gasteiger partial charge in [0.2, 0.25) is 0 Å². The van der Waals surface area contributed by atoms with Crippen LogP contribution in [0.15, 0.2) is 133 Å². The Hall–Kier alpha value is -2.22. The normalized spacial score (nSPS) is 11.8. The largest absolute Gasteiger partial charge is 0.126 e. The third-order valence-electron chi connectivity index (χ3n) is 6.15. The van der Waals surface area contributed by atoms with Gasteiger partial charge in [-0.05, 0) is 0 Å². The van der Waals surface area contributed by atoms with E-state index in [0.29, 0.717) is 0 Å². The van der Waals surface area contributed by atoms with Crippen molar-refractivity contribution in [1.29, 1.82) is 0 Å². The minimum Gasteiger partial charge on any atom is -0.126 e. The Kier molecular flexibility index (Phi) is 13.0. The van der Waals surface area contributed by atoms with Crippen molar-refractivity contribution in [3.8, 4) is 0 Å². The SMILES string of the molecule is C[Si](C)(C)C1=[C-]CC=C1.[Cl-].[Cl-].[Zr+2]=[C](c1ccccc1)c1ccccc1.c1ccc2c(c1)[cH-]c1ccccc12. The first-order chi connectivity index (χ1) is 17.4. The summed E-state index contributed by atoms with van der Waals surface area (Å²) in [7, 11) is -1.01. The van der Waals surface area contributed by atoms with E-state index in [1.807, 2.05) is 0 Å². The zero-order valence-corrected chi connectivity index (χ0v) is 27.1. The number of halogens is 2. The molecule has 0 nitrogen and oxygen atoms in total. The van der Waals surface area contributed by atoms with Gasteiger partial charge in [-0.1, -0.05) is 56.0 Å². The molecule has 192 valence electrons. The molecule has 0 N–H and O–H groups in total. The maximum Gasteiger partial charge on any atom is -0.0771 e. The van der Waals surface area contributed by atoms with Crippen LogP contribution in [0.3, 0.4) is 0 Å². The number of allylic oxidation sites excluding steroid dienone is 4. The van der Waals surface area contributed by atoms with E-state index in [1.165, 1.54) is 65.3 Å². The molecule has 38 heavy (non-hydrogen) atoms. The van der Waals surface area contributed by atoms with Crippen molar-refractivity contribution in [2.24, 2.45) is 0 Å². The Morgan fingerprint density at radius 2 is 1.08 bits per heavy atom. The van der Waals surface area contributed by atoms with Crippen LogP contribution < -0.4 is 24.8 Å². The molecule has 4 heteroatoms. The Balaban J connectivity index is 0.000000200. The number of fused-ring (bicyclic) bond motifs is 3. The zero-order valence-electron chi connectivity index (χ0n) is 22.1. The molecule has 5 aromatic rings. The predicted molar refractivity (Wildman–Crippen MR) is 157 cm³/mol. The van der Waals surface area contributed by atoms with Crippen LogP contribution in [0.2, 0.25) is 19.6 Å². The van der Waals surface area contributed by atoms with Crippen molar-refractivity contribution in [1.82, 2.24) is 0 Å². The number of hydrogen-bond donors (Lipinski definition) is 0. The molecule has 0 radical (unpaired) electrons. The minimum absolute atomic E-state index is 0. The monoisotopic (exact) mass is 628 g/mol. The quantitative estimate of drug-likeness (QED) is 0.213. The fourth-order valence-corrected chi connectivity index (χ4v) is 6.27. The summed E-state index contributed by atoms with van der Waals surface area (Å²) in [6, 6.07) is 40.4. The van der Waals surface area contributed by atoms with E-state index in [9.17, 15) is 0 Å². The average molecular weight is 631 g/mol. The fraction of sp³-hybridized carbons (Fsp3) is 0.118. The van der Waals surface area contributed by atoms with Crippen LogP contribution >= 0.6 is 0 Å². The number of rotatable bonds is 3. The smallest absolute Gasteiger partial charge is 0.0771 e. The van der Waals surface area contributed by atoms with Crippen LogP contribution in [0, 0.1) is 6.08 Å². The van der Waals surface area contributed by atoms with Crippen LogP contribution in [0.1, 0.15) is 17.5 Å². The van der Waals surface area contributed by atoms with Gasteiger partial charge in [-0.2, -0.15) is 6.08 Å². The standard InChI is InChI=1S/C13H9.C13H10.C8H13Si.2ClH.Zr/c1-3-7-12-10(5-1)9-11-6-2-4-8-13(11)12;1-3-7-12(8-4-1)11-13-9-5-2-6-10-13;1-9(2,3)8-6-4-5-7-8;;;/h1-9H;1-10H;4,6H,5H2,1-3H3;2*1H;/q-1;;-1;;;+2/p-2. The van der Waals surface area contributed by atoms with Crippen molar-refractivity contribution in [2.75, 3.05) is 0 Å². The van der Waals surface area contributed by atoms with E-state index in [1.54, 1.807) is 0 Å². The van der Waals surface area contributed by atoms with E-state index in [2.05, 4.69) is 153 Å². The Bertz CT molecular complexity index is 1400. The van der Waals surface area contributed by atoms with Crippen LogP contribution in [-0.2, 0) is 24.2 Å². The topological polar surface area (TPSA) is 0 Å². The van der Waals surface area contributed by atoms with E-state index < -0.39 is 8.07 Å². The van der Waals surface area contributed by atoms with Crippen LogP contribution in [0.25, 0.3) is 21.5 Å². The summed E-state index contributed by atoms with van der Waals surface area (Å²) < 4.78 is 1.42. The molecule has 0 saturated carbocycles. The predicted octanol–water partition coefficient (Wildman–Crippen LogP) is 3.08. The molecule has 1 aliphatic rings. The van der Waals surface area contributed by atoms with Gasteiger partial charge in [0.15, 0.2) is 0 Å². The van der Waals surface area contributed by atoms with Crippen molar-refractivity contribution < 1.29 is 49.0 Å². The number of benzene rings is 4. The fourth-order valence-electron chi connectivity index (χ4n) is 4.20. The van der Waals surface area contributed by atoms with E-state index >= 15 is 0 Å². The molecule has 0 bridgehead atoms. The second-order valence-corrected chi connectivity index (χ2v) is 16.1. The first kappa shape index (κ1) is 32.0. The van der Waals surface area contributed by atoms with Gasteiger partial charge in [0, 0.05) is 8.07 Å². The first-order valence-electron chi connectivity index (χ1n) is 12.4. The molecule has 0 amide bonds. The van der Waals surface area contributed by atoms with E-state index in [-0.39, 0.29) is 24.8 Å². The summed E-state index contributed by atoms with van der Waals surface area (Å²) in [5.74, 6) is 0. The molecule has 0 aliphatic heterocycles. The average Bonchev–Trinajstić information content (AvgIpc) is 3.59. The van der Waals surface area contributed by atoms with Gasteiger partial charge in [0.1, 0.15) is 0 Å². The number of hydrogen-bond acceptors (Lipinski definition) is 0. The van der Waals surface area contributed by atoms with Gasteiger partial charge in [-0.15, -0.1) is 46.2 Å². The van der Waals surface area contributed by atoms with Gasteiger partial charge < -0.3 is 24.8 Å². The third kappa shape index (κ3) is 8.65. The molecular weight excluding hydrogens is 599 g/mol. The molecule has 1 aliphatic carbocycles. The minimum atomic E-state index is -1.01. The molecule has 0 heterocycles. The van der Waals surface area contributed by atoms with E-state index in [4.69, 9.17) is 0 Å². The first-order valence-corrected chi connectivity index (χ1v) is 17.2. The van der Waals surface area contributed by atoms with Crippen molar-refractivity contribution >= 4 is 32.8 Å². The van der Waals surface area contributed by atoms with Gasteiger partial charge in [0.25, 0.3) is 0 Å². The molecular formula is C34H32Cl2SiZr-2. The van der Waals surface area contributed by atoms with Crippen molar-refractivity contribution in [2.45, 2.75) is 26.1 Å². The molecule has 0 atom stereocenters. The van der Waals surface area contributed by atoms with Gasteiger partial charge in [0.05, 0.1) is 0 Å². The Morgan fingerprint density at radius 1 is 0.658 bits per heavy atom. The molecule has 5 aromatic carbocycles. The summed E-state index contributed by atoms with van der Waals surface area (Å²) in [6.07, 6.45) is 8.82.